The normalized spacial score (nSPS) is 11.0. The summed E-state index contributed by atoms with van der Waals surface area (Å²) in [5.41, 5.74) is 4.82. The number of carbonyl (C=O) groups excluding carboxylic acids is 1. The fourth-order valence-corrected chi connectivity index (χ4v) is 5.07. The van der Waals surface area contributed by atoms with Crippen LogP contribution in [0.15, 0.2) is 58.4 Å². The van der Waals surface area contributed by atoms with Crippen molar-refractivity contribution in [1.82, 2.24) is 15.2 Å². The second-order valence-corrected chi connectivity index (χ2v) is 8.94. The molecule has 0 radical (unpaired) electrons. The third kappa shape index (κ3) is 4.18. The first-order chi connectivity index (χ1) is 13.2. The number of aromatic nitrogens is 3. The molecule has 0 atom stereocenters. The lowest BCUT2D eigenvalue weighted by molar-refractivity contribution is -0.116. The second kappa shape index (κ2) is 8.16. The van der Waals surface area contributed by atoms with Gasteiger partial charge in [0.15, 0.2) is 9.47 Å². The molecule has 1 amide bonds. The first kappa shape index (κ1) is 18.1. The van der Waals surface area contributed by atoms with Gasteiger partial charge in [0.1, 0.15) is 5.51 Å². The van der Waals surface area contributed by atoms with Gasteiger partial charge in [-0.3, -0.25) is 9.69 Å². The molecule has 27 heavy (non-hydrogen) atoms. The number of nitrogens with zero attached hydrogens (tertiary/aromatic N) is 4. The van der Waals surface area contributed by atoms with Crippen molar-refractivity contribution in [2.75, 3.05) is 10.7 Å². The van der Waals surface area contributed by atoms with E-state index in [0.717, 1.165) is 30.8 Å². The monoisotopic (exact) mass is 412 g/mol. The lowest BCUT2D eigenvalue weighted by Gasteiger charge is -2.19. The molecule has 0 aliphatic rings. The number of fused-ring (bicyclic) bond motifs is 1. The molecule has 0 bridgehead atoms. The van der Waals surface area contributed by atoms with Crippen LogP contribution in [0.25, 0.3) is 10.2 Å². The Kier molecular flexibility index (Phi) is 5.47. The molecular formula is C19H16N4OS3. The van der Waals surface area contributed by atoms with Crippen LogP contribution in [0.2, 0.25) is 0 Å². The number of aryl methyl sites for hydroxylation is 1. The van der Waals surface area contributed by atoms with Gasteiger partial charge in [0.2, 0.25) is 5.91 Å². The topological polar surface area (TPSA) is 59.0 Å². The van der Waals surface area contributed by atoms with Crippen LogP contribution in [0.4, 0.5) is 5.13 Å². The Morgan fingerprint density at radius 3 is 2.74 bits per heavy atom. The third-order valence-electron chi connectivity index (χ3n) is 3.98. The number of amides is 1. The maximum Gasteiger partial charge on any atom is 0.239 e. The van der Waals surface area contributed by atoms with Gasteiger partial charge in [-0.05, 0) is 24.1 Å². The van der Waals surface area contributed by atoms with E-state index in [0.29, 0.717) is 12.3 Å². The maximum absolute atomic E-state index is 13.0. The van der Waals surface area contributed by atoms with Crippen molar-refractivity contribution in [3.63, 3.8) is 0 Å². The Morgan fingerprint density at radius 1 is 1.15 bits per heavy atom. The van der Waals surface area contributed by atoms with E-state index in [1.54, 1.807) is 21.7 Å². The van der Waals surface area contributed by atoms with Gasteiger partial charge in [0.05, 0.1) is 22.5 Å². The van der Waals surface area contributed by atoms with E-state index < -0.39 is 0 Å². The summed E-state index contributed by atoms with van der Waals surface area (Å²) in [4.78, 5) is 19.6. The number of rotatable bonds is 6. The predicted molar refractivity (Wildman–Crippen MR) is 113 cm³/mol. The Labute approximate surface area is 169 Å². The summed E-state index contributed by atoms with van der Waals surface area (Å²) < 4.78 is 1.88. The fraction of sp³-hybridized carbons (Fsp3) is 0.158. The van der Waals surface area contributed by atoms with Crippen LogP contribution < -0.4 is 4.90 Å². The molecule has 0 aliphatic heterocycles. The van der Waals surface area contributed by atoms with Crippen LogP contribution in [0.1, 0.15) is 11.1 Å². The van der Waals surface area contributed by atoms with Gasteiger partial charge in [-0.25, -0.2) is 4.98 Å². The number of para-hydroxylation sites is 1. The first-order valence-corrected chi connectivity index (χ1v) is 11.0. The lowest BCUT2D eigenvalue weighted by Crippen LogP contribution is -2.31. The molecule has 5 nitrogen and oxygen atoms in total. The minimum Gasteiger partial charge on any atom is -0.283 e. The summed E-state index contributed by atoms with van der Waals surface area (Å²) in [5, 5.41) is 8.55. The predicted octanol–water partition coefficient (Wildman–Crippen LogP) is 4.78. The summed E-state index contributed by atoms with van der Waals surface area (Å²) >= 11 is 4.40. The smallest absolute Gasteiger partial charge is 0.239 e. The largest absolute Gasteiger partial charge is 0.283 e. The molecule has 0 saturated carbocycles. The molecule has 0 fully saturated rings. The molecule has 0 unspecified atom stereocenters. The molecule has 4 aromatic rings. The summed E-state index contributed by atoms with van der Waals surface area (Å²) in [7, 11) is 0. The van der Waals surface area contributed by atoms with Crippen molar-refractivity contribution in [2.24, 2.45) is 0 Å². The van der Waals surface area contributed by atoms with E-state index in [-0.39, 0.29) is 5.91 Å². The third-order valence-corrected chi connectivity index (χ3v) is 6.87. The molecule has 2 heterocycles. The van der Waals surface area contributed by atoms with Gasteiger partial charge >= 0.3 is 0 Å². The number of hydrogen-bond donors (Lipinski definition) is 0. The van der Waals surface area contributed by atoms with Crippen molar-refractivity contribution in [3.8, 4) is 0 Å². The summed E-state index contributed by atoms with van der Waals surface area (Å²) in [6.07, 6.45) is 0. The highest BCUT2D eigenvalue weighted by atomic mass is 32.2. The molecular weight excluding hydrogens is 396 g/mol. The minimum atomic E-state index is 0.00997. The average Bonchev–Trinajstić information content (AvgIpc) is 3.35. The molecule has 0 N–H and O–H groups in total. The average molecular weight is 413 g/mol. The van der Waals surface area contributed by atoms with Crippen LogP contribution in [0, 0.1) is 6.92 Å². The van der Waals surface area contributed by atoms with Crippen LogP contribution in [-0.4, -0.2) is 26.8 Å². The SMILES string of the molecule is Cc1cccc2sc(N(Cc3ccccc3)C(=O)CSc3nncs3)nc12. The van der Waals surface area contributed by atoms with Gasteiger partial charge in [0.25, 0.3) is 0 Å². The Bertz CT molecular complexity index is 1050. The molecule has 0 aliphatic carbocycles. The minimum absolute atomic E-state index is 0.00997. The number of hydrogen-bond acceptors (Lipinski definition) is 7. The van der Waals surface area contributed by atoms with Crippen molar-refractivity contribution in [2.45, 2.75) is 17.8 Å². The number of anilines is 1. The number of carbonyl (C=O) groups is 1. The summed E-state index contributed by atoms with van der Waals surface area (Å²) in [6, 6.07) is 16.1. The molecule has 2 aromatic carbocycles. The lowest BCUT2D eigenvalue weighted by atomic mass is 10.2. The fourth-order valence-electron chi connectivity index (χ4n) is 2.65. The van der Waals surface area contributed by atoms with Crippen LogP contribution in [0.5, 0.6) is 0 Å². The van der Waals surface area contributed by atoms with Crippen molar-refractivity contribution in [3.05, 3.63) is 65.2 Å². The van der Waals surface area contributed by atoms with Crippen LogP contribution in [0.3, 0.4) is 0 Å². The molecule has 136 valence electrons. The number of thiazole rings is 1. The van der Waals surface area contributed by atoms with Gasteiger partial charge in [-0.2, -0.15) is 0 Å². The zero-order chi connectivity index (χ0) is 18.6. The van der Waals surface area contributed by atoms with Crippen molar-refractivity contribution in [1.29, 1.82) is 0 Å². The summed E-state index contributed by atoms with van der Waals surface area (Å²) in [5.74, 6) is 0.312. The zero-order valence-corrected chi connectivity index (χ0v) is 17.0. The van der Waals surface area contributed by atoms with E-state index in [2.05, 4.69) is 10.2 Å². The molecule has 0 spiro atoms. The highest BCUT2D eigenvalue weighted by Gasteiger charge is 2.21. The zero-order valence-electron chi connectivity index (χ0n) is 14.5. The summed E-state index contributed by atoms with van der Waals surface area (Å²) in [6.45, 7) is 2.54. The quantitative estimate of drug-likeness (QED) is 0.427. The Morgan fingerprint density at radius 2 is 2.00 bits per heavy atom. The van der Waals surface area contributed by atoms with Gasteiger partial charge in [-0.1, -0.05) is 76.9 Å². The molecule has 2 aromatic heterocycles. The first-order valence-electron chi connectivity index (χ1n) is 8.30. The molecule has 4 rings (SSSR count). The van der Waals surface area contributed by atoms with E-state index in [9.17, 15) is 4.79 Å². The number of thioether (sulfide) groups is 1. The van der Waals surface area contributed by atoms with E-state index in [1.807, 2.05) is 55.5 Å². The molecule has 8 heteroatoms. The van der Waals surface area contributed by atoms with E-state index in [4.69, 9.17) is 4.98 Å². The van der Waals surface area contributed by atoms with Gasteiger partial charge in [-0.15, -0.1) is 10.2 Å². The Balaban J connectivity index is 1.63. The van der Waals surface area contributed by atoms with Gasteiger partial charge < -0.3 is 0 Å². The van der Waals surface area contributed by atoms with E-state index in [1.165, 1.54) is 23.1 Å². The second-order valence-electron chi connectivity index (χ2n) is 5.88. The van der Waals surface area contributed by atoms with Gasteiger partial charge in [0, 0.05) is 0 Å². The van der Waals surface area contributed by atoms with Crippen molar-refractivity contribution < 1.29 is 4.79 Å². The van der Waals surface area contributed by atoms with Crippen LogP contribution in [-0.2, 0) is 11.3 Å². The highest BCUT2D eigenvalue weighted by molar-refractivity contribution is 8.01. The van der Waals surface area contributed by atoms with E-state index >= 15 is 0 Å². The maximum atomic E-state index is 13.0. The highest BCUT2D eigenvalue weighted by Crippen LogP contribution is 2.32. The number of benzene rings is 2. The van der Waals surface area contributed by atoms with Crippen LogP contribution >= 0.6 is 34.4 Å². The standard InChI is InChI=1S/C19H16N4OS3/c1-13-6-5-9-15-17(13)21-18(27-15)23(10-14-7-3-2-4-8-14)16(24)11-25-19-22-20-12-26-19/h2-9,12H,10-11H2,1H3. The van der Waals surface area contributed by atoms with Crippen molar-refractivity contribution >= 4 is 55.7 Å². The molecule has 0 saturated heterocycles. The Hall–Kier alpha value is -2.29.